The average Bonchev–Trinajstić information content (AvgIpc) is 2.20. The largest absolute Gasteiger partial charge is 0.478 e. The summed E-state index contributed by atoms with van der Waals surface area (Å²) in [6, 6.07) is 4.27. The molecule has 0 aromatic heterocycles. The van der Waals surface area contributed by atoms with E-state index in [2.05, 4.69) is 12.6 Å². The number of halogens is 1. The van der Waals surface area contributed by atoms with Gasteiger partial charge in [-0.05, 0) is 40.8 Å². The van der Waals surface area contributed by atoms with Crippen molar-refractivity contribution in [1.29, 1.82) is 0 Å². The number of thiol groups is 1. The van der Waals surface area contributed by atoms with Gasteiger partial charge in [0.1, 0.15) is 5.75 Å². The number of carbonyl (C=O) groups is 2. The Kier molecular flexibility index (Phi) is 4.40. The van der Waals surface area contributed by atoms with Crippen molar-refractivity contribution in [1.82, 2.24) is 0 Å². The molecule has 0 aliphatic rings. The first-order valence-electron chi connectivity index (χ1n) is 3.89. The predicted octanol–water partition coefficient (Wildman–Crippen LogP) is 1.82. The molecule has 0 spiro atoms. The second-order valence-corrected chi connectivity index (χ2v) is 4.06. The van der Waals surface area contributed by atoms with Gasteiger partial charge in [-0.15, -0.1) is 0 Å². The Hall–Kier alpha value is -0.760. The maximum Gasteiger partial charge on any atom is 0.335 e. The minimum Gasteiger partial charge on any atom is -0.478 e. The lowest BCUT2D eigenvalue weighted by molar-refractivity contribution is -0.131. The van der Waals surface area contributed by atoms with Crippen LogP contribution >= 0.6 is 35.2 Å². The number of carboxylic acid groups (broad SMARTS) is 1. The van der Waals surface area contributed by atoms with E-state index in [4.69, 9.17) is 9.84 Å². The maximum absolute atomic E-state index is 10.9. The number of esters is 1. The summed E-state index contributed by atoms with van der Waals surface area (Å²) in [6.45, 7) is 0. The standard InChI is InChI=1S/C9H7IO4S/c10-6-3-5(9(12)13)1-2-7(6)14-8(11)4-15/h1-3,15H,4H2,(H,12,13). The Balaban J connectivity index is 2.93. The molecule has 0 bridgehead atoms. The van der Waals surface area contributed by atoms with Crippen molar-refractivity contribution < 1.29 is 19.4 Å². The van der Waals surface area contributed by atoms with Crippen molar-refractivity contribution in [2.75, 3.05) is 5.75 Å². The topological polar surface area (TPSA) is 63.6 Å². The Morgan fingerprint density at radius 1 is 1.47 bits per heavy atom. The second kappa shape index (κ2) is 5.36. The Morgan fingerprint density at radius 3 is 2.60 bits per heavy atom. The third-order valence-electron chi connectivity index (χ3n) is 1.53. The Bertz CT molecular complexity index is 405. The molecule has 0 aliphatic heterocycles. The summed E-state index contributed by atoms with van der Waals surface area (Å²) < 4.78 is 5.49. The van der Waals surface area contributed by atoms with Gasteiger partial charge in [-0.1, -0.05) is 0 Å². The van der Waals surface area contributed by atoms with Crippen molar-refractivity contribution in [2.24, 2.45) is 0 Å². The maximum atomic E-state index is 10.9. The minimum atomic E-state index is -1.01. The van der Waals surface area contributed by atoms with E-state index in [1.54, 1.807) is 0 Å². The first kappa shape index (κ1) is 12.3. The zero-order chi connectivity index (χ0) is 11.4. The van der Waals surface area contributed by atoms with Crippen LogP contribution in [0.15, 0.2) is 18.2 Å². The zero-order valence-electron chi connectivity index (χ0n) is 7.44. The summed E-state index contributed by atoms with van der Waals surface area (Å²) >= 11 is 5.67. The van der Waals surface area contributed by atoms with Crippen LogP contribution in [0.4, 0.5) is 0 Å². The number of carboxylic acids is 1. The molecule has 0 radical (unpaired) electrons. The van der Waals surface area contributed by atoms with E-state index in [1.807, 2.05) is 22.6 Å². The lowest BCUT2D eigenvalue weighted by atomic mass is 10.2. The van der Waals surface area contributed by atoms with Crippen LogP contribution in [0, 0.1) is 3.57 Å². The van der Waals surface area contributed by atoms with Gasteiger partial charge in [0.2, 0.25) is 0 Å². The zero-order valence-corrected chi connectivity index (χ0v) is 10.5. The molecular formula is C9H7IO4S. The monoisotopic (exact) mass is 338 g/mol. The van der Waals surface area contributed by atoms with Gasteiger partial charge in [0.25, 0.3) is 0 Å². The molecule has 1 rings (SSSR count). The van der Waals surface area contributed by atoms with E-state index in [1.165, 1.54) is 18.2 Å². The highest BCUT2D eigenvalue weighted by molar-refractivity contribution is 14.1. The van der Waals surface area contributed by atoms with Crippen LogP contribution in [-0.4, -0.2) is 22.8 Å². The molecule has 1 N–H and O–H groups in total. The van der Waals surface area contributed by atoms with E-state index in [-0.39, 0.29) is 11.3 Å². The molecule has 0 unspecified atom stereocenters. The number of carbonyl (C=O) groups excluding carboxylic acids is 1. The first-order chi connectivity index (χ1) is 7.04. The highest BCUT2D eigenvalue weighted by atomic mass is 127. The minimum absolute atomic E-state index is 0.0171. The van der Waals surface area contributed by atoms with Crippen LogP contribution in [0.3, 0.4) is 0 Å². The molecule has 0 aliphatic carbocycles. The van der Waals surface area contributed by atoms with Gasteiger partial charge >= 0.3 is 11.9 Å². The smallest absolute Gasteiger partial charge is 0.335 e. The fourth-order valence-corrected chi connectivity index (χ4v) is 1.56. The van der Waals surface area contributed by atoms with E-state index in [0.717, 1.165) is 0 Å². The fraction of sp³-hybridized carbons (Fsp3) is 0.111. The van der Waals surface area contributed by atoms with E-state index >= 15 is 0 Å². The van der Waals surface area contributed by atoms with Gasteiger partial charge < -0.3 is 9.84 Å². The SMILES string of the molecule is O=C(CS)Oc1ccc(C(=O)O)cc1I. The average molecular weight is 338 g/mol. The number of hydrogen-bond donors (Lipinski definition) is 2. The molecule has 0 amide bonds. The molecule has 0 heterocycles. The lowest BCUT2D eigenvalue weighted by Gasteiger charge is -2.05. The molecule has 0 fully saturated rings. The predicted molar refractivity (Wildman–Crippen MR) is 65.6 cm³/mol. The number of aromatic carboxylic acids is 1. The molecular weight excluding hydrogens is 331 g/mol. The van der Waals surface area contributed by atoms with Crippen LogP contribution in [0.1, 0.15) is 10.4 Å². The van der Waals surface area contributed by atoms with E-state index in [0.29, 0.717) is 9.32 Å². The normalized spacial score (nSPS) is 9.73. The van der Waals surface area contributed by atoms with Gasteiger partial charge in [-0.2, -0.15) is 12.6 Å². The molecule has 15 heavy (non-hydrogen) atoms. The van der Waals surface area contributed by atoms with Crippen molar-refractivity contribution in [3.05, 3.63) is 27.3 Å². The van der Waals surface area contributed by atoms with Gasteiger partial charge in [-0.25, -0.2) is 4.79 Å². The van der Waals surface area contributed by atoms with Gasteiger partial charge in [-0.3, -0.25) is 4.79 Å². The molecule has 1 aromatic rings. The Morgan fingerprint density at radius 2 is 2.13 bits per heavy atom. The van der Waals surface area contributed by atoms with Gasteiger partial charge in [0.15, 0.2) is 0 Å². The quantitative estimate of drug-likeness (QED) is 0.382. The van der Waals surface area contributed by atoms with Crippen molar-refractivity contribution >= 4 is 47.2 Å². The third-order valence-corrected chi connectivity index (χ3v) is 2.63. The molecule has 0 atom stereocenters. The molecule has 0 saturated heterocycles. The van der Waals surface area contributed by atoms with Crippen molar-refractivity contribution in [3.63, 3.8) is 0 Å². The fourth-order valence-electron chi connectivity index (χ4n) is 0.872. The van der Waals surface area contributed by atoms with Crippen LogP contribution in [0.2, 0.25) is 0 Å². The van der Waals surface area contributed by atoms with E-state index < -0.39 is 11.9 Å². The summed E-state index contributed by atoms with van der Waals surface area (Å²) in [6.07, 6.45) is 0. The van der Waals surface area contributed by atoms with Crippen LogP contribution in [0.25, 0.3) is 0 Å². The molecule has 0 saturated carbocycles. The number of rotatable bonds is 3. The summed E-state index contributed by atoms with van der Waals surface area (Å²) in [7, 11) is 0. The second-order valence-electron chi connectivity index (χ2n) is 2.58. The van der Waals surface area contributed by atoms with Crippen molar-refractivity contribution in [2.45, 2.75) is 0 Å². The van der Waals surface area contributed by atoms with E-state index in [9.17, 15) is 9.59 Å². The Labute approximate surface area is 105 Å². The number of benzene rings is 1. The highest BCUT2D eigenvalue weighted by Gasteiger charge is 2.09. The summed E-state index contributed by atoms with van der Waals surface area (Å²) in [4.78, 5) is 21.6. The number of ether oxygens (including phenoxy) is 1. The first-order valence-corrected chi connectivity index (χ1v) is 5.60. The molecule has 4 nitrogen and oxygen atoms in total. The van der Waals surface area contributed by atoms with Gasteiger partial charge in [0.05, 0.1) is 14.9 Å². The number of hydrogen-bond acceptors (Lipinski definition) is 4. The third kappa shape index (κ3) is 3.38. The summed E-state index contributed by atoms with van der Waals surface area (Å²) in [5, 5.41) is 8.70. The lowest BCUT2D eigenvalue weighted by Crippen LogP contribution is -2.10. The molecule has 80 valence electrons. The van der Waals surface area contributed by atoms with Crippen molar-refractivity contribution in [3.8, 4) is 5.75 Å². The summed E-state index contributed by atoms with van der Waals surface area (Å²) in [5.74, 6) is -1.16. The van der Waals surface area contributed by atoms with Crippen LogP contribution in [0.5, 0.6) is 5.75 Å². The van der Waals surface area contributed by atoms with Crippen LogP contribution < -0.4 is 4.74 Å². The molecule has 6 heteroatoms. The van der Waals surface area contributed by atoms with Gasteiger partial charge in [0, 0.05) is 0 Å². The summed E-state index contributed by atoms with van der Waals surface area (Å²) in [5.41, 5.74) is 0.157. The highest BCUT2D eigenvalue weighted by Crippen LogP contribution is 2.22. The molecule has 1 aromatic carbocycles. The van der Waals surface area contributed by atoms with Crippen LogP contribution in [-0.2, 0) is 4.79 Å².